The minimum atomic E-state index is 0.276. The van der Waals surface area contributed by atoms with Crippen molar-refractivity contribution in [3.63, 3.8) is 0 Å². The Morgan fingerprint density at radius 3 is 2.26 bits per heavy atom. The molecule has 0 spiro atoms. The zero-order chi connectivity index (χ0) is 16.4. The van der Waals surface area contributed by atoms with E-state index in [0.717, 1.165) is 17.1 Å². The summed E-state index contributed by atoms with van der Waals surface area (Å²) in [5.74, 6) is 3.29. The maximum atomic E-state index is 5.39. The molecule has 1 aliphatic rings. The van der Waals surface area contributed by atoms with Gasteiger partial charge in [-0.1, -0.05) is 6.07 Å². The van der Waals surface area contributed by atoms with Gasteiger partial charge in [-0.05, 0) is 17.7 Å². The fourth-order valence-corrected chi connectivity index (χ4v) is 2.06. The van der Waals surface area contributed by atoms with Crippen molar-refractivity contribution >= 4 is 17.8 Å². The molecule has 0 fully saturated rings. The lowest BCUT2D eigenvalue weighted by Gasteiger charge is -2.16. The molecular weight excluding hydrogens is 296 g/mol. The van der Waals surface area contributed by atoms with Gasteiger partial charge in [0.25, 0.3) is 0 Å². The van der Waals surface area contributed by atoms with Gasteiger partial charge in [0.2, 0.25) is 24.6 Å². The van der Waals surface area contributed by atoms with Gasteiger partial charge in [0.05, 0.1) is 0 Å². The molecule has 1 aromatic carbocycles. The summed E-state index contributed by atoms with van der Waals surface area (Å²) < 4.78 is 10.7. The highest BCUT2D eigenvalue weighted by Gasteiger charge is 2.14. The molecule has 8 nitrogen and oxygen atoms in total. The second-order valence-corrected chi connectivity index (χ2v) is 5.59. The van der Waals surface area contributed by atoms with Gasteiger partial charge in [-0.3, -0.25) is 0 Å². The standard InChI is InChI=1S/C15H20N6O2/c1-20(2)14-17-13(18-15(19-14)21(3)4)16-8-10-5-6-11-12(7-10)23-9-22-11/h5-7H,8-9H2,1-4H3,(H,16,17,18,19). The fraction of sp³-hybridized carbons (Fsp3) is 0.400. The zero-order valence-corrected chi connectivity index (χ0v) is 13.7. The van der Waals surface area contributed by atoms with E-state index in [-0.39, 0.29) is 6.79 Å². The first-order valence-corrected chi connectivity index (χ1v) is 7.26. The molecule has 1 aliphatic heterocycles. The summed E-state index contributed by atoms with van der Waals surface area (Å²) >= 11 is 0. The largest absolute Gasteiger partial charge is 0.454 e. The van der Waals surface area contributed by atoms with Crippen molar-refractivity contribution in [3.8, 4) is 11.5 Å². The van der Waals surface area contributed by atoms with E-state index in [0.29, 0.717) is 24.4 Å². The van der Waals surface area contributed by atoms with Gasteiger partial charge in [0.1, 0.15) is 0 Å². The number of fused-ring (bicyclic) bond motifs is 1. The van der Waals surface area contributed by atoms with Crippen LogP contribution < -0.4 is 24.6 Å². The number of rotatable bonds is 5. The maximum Gasteiger partial charge on any atom is 0.231 e. The van der Waals surface area contributed by atoms with Gasteiger partial charge >= 0.3 is 0 Å². The first-order valence-electron chi connectivity index (χ1n) is 7.26. The van der Waals surface area contributed by atoms with E-state index in [2.05, 4.69) is 20.3 Å². The zero-order valence-electron chi connectivity index (χ0n) is 13.7. The third-order valence-electron chi connectivity index (χ3n) is 3.30. The summed E-state index contributed by atoms with van der Waals surface area (Å²) in [7, 11) is 7.60. The van der Waals surface area contributed by atoms with Gasteiger partial charge in [0, 0.05) is 34.7 Å². The molecule has 0 amide bonds. The number of benzene rings is 1. The highest BCUT2D eigenvalue weighted by molar-refractivity contribution is 5.47. The van der Waals surface area contributed by atoms with Crippen LogP contribution in [0.25, 0.3) is 0 Å². The van der Waals surface area contributed by atoms with Gasteiger partial charge in [0.15, 0.2) is 11.5 Å². The molecule has 122 valence electrons. The Morgan fingerprint density at radius 2 is 1.61 bits per heavy atom. The normalized spacial score (nSPS) is 12.2. The molecule has 1 aromatic heterocycles. The molecule has 0 atom stereocenters. The smallest absolute Gasteiger partial charge is 0.231 e. The fourth-order valence-electron chi connectivity index (χ4n) is 2.06. The second-order valence-electron chi connectivity index (χ2n) is 5.59. The van der Waals surface area contributed by atoms with Crippen LogP contribution in [-0.2, 0) is 6.54 Å². The van der Waals surface area contributed by atoms with E-state index < -0.39 is 0 Å². The van der Waals surface area contributed by atoms with Crippen molar-refractivity contribution in [2.45, 2.75) is 6.54 Å². The lowest BCUT2D eigenvalue weighted by Crippen LogP contribution is -2.20. The lowest BCUT2D eigenvalue weighted by molar-refractivity contribution is 0.174. The quantitative estimate of drug-likeness (QED) is 0.886. The predicted octanol–water partition coefficient (Wildman–Crippen LogP) is 1.34. The van der Waals surface area contributed by atoms with Crippen LogP contribution in [0.15, 0.2) is 18.2 Å². The van der Waals surface area contributed by atoms with Crippen LogP contribution in [-0.4, -0.2) is 49.9 Å². The molecule has 0 bridgehead atoms. The number of hydrogen-bond donors (Lipinski definition) is 1. The minimum absolute atomic E-state index is 0.276. The molecular formula is C15H20N6O2. The van der Waals surface area contributed by atoms with Crippen LogP contribution in [0.5, 0.6) is 11.5 Å². The molecule has 0 saturated carbocycles. The van der Waals surface area contributed by atoms with Crippen LogP contribution in [0.3, 0.4) is 0 Å². The van der Waals surface area contributed by atoms with E-state index in [9.17, 15) is 0 Å². The summed E-state index contributed by atoms with van der Waals surface area (Å²) in [6.07, 6.45) is 0. The van der Waals surface area contributed by atoms with Crippen LogP contribution >= 0.6 is 0 Å². The molecule has 2 aromatic rings. The summed E-state index contributed by atoms with van der Waals surface area (Å²) in [6, 6.07) is 5.85. The van der Waals surface area contributed by atoms with Gasteiger partial charge in [-0.25, -0.2) is 0 Å². The van der Waals surface area contributed by atoms with E-state index in [1.54, 1.807) is 0 Å². The Bertz CT molecular complexity index is 678. The highest BCUT2D eigenvalue weighted by atomic mass is 16.7. The van der Waals surface area contributed by atoms with Crippen molar-refractivity contribution < 1.29 is 9.47 Å². The van der Waals surface area contributed by atoms with E-state index in [1.807, 2.05) is 56.2 Å². The van der Waals surface area contributed by atoms with Crippen LogP contribution in [0.4, 0.5) is 17.8 Å². The Labute approximate surface area is 135 Å². The van der Waals surface area contributed by atoms with Crippen molar-refractivity contribution in [3.05, 3.63) is 23.8 Å². The molecule has 3 rings (SSSR count). The van der Waals surface area contributed by atoms with Crippen molar-refractivity contribution in [2.24, 2.45) is 0 Å². The average Bonchev–Trinajstić information content (AvgIpc) is 3.00. The van der Waals surface area contributed by atoms with E-state index in [1.165, 1.54) is 0 Å². The van der Waals surface area contributed by atoms with E-state index in [4.69, 9.17) is 9.47 Å². The summed E-state index contributed by atoms with van der Waals surface area (Å²) in [6.45, 7) is 0.860. The number of aromatic nitrogens is 3. The second kappa shape index (κ2) is 6.15. The molecule has 1 N–H and O–H groups in total. The van der Waals surface area contributed by atoms with Gasteiger partial charge < -0.3 is 24.6 Å². The first-order chi connectivity index (χ1) is 11.0. The summed E-state index contributed by atoms with van der Waals surface area (Å²) in [5.41, 5.74) is 1.06. The molecule has 23 heavy (non-hydrogen) atoms. The van der Waals surface area contributed by atoms with Crippen molar-refractivity contribution in [1.82, 2.24) is 15.0 Å². The van der Waals surface area contributed by atoms with E-state index >= 15 is 0 Å². The van der Waals surface area contributed by atoms with Gasteiger partial charge in [-0.15, -0.1) is 0 Å². The first kappa shape index (κ1) is 15.1. The molecule has 8 heteroatoms. The average molecular weight is 316 g/mol. The van der Waals surface area contributed by atoms with Crippen LogP contribution in [0, 0.1) is 0 Å². The number of anilines is 3. The third kappa shape index (κ3) is 3.36. The Hall–Kier alpha value is -2.77. The Morgan fingerprint density at radius 1 is 0.957 bits per heavy atom. The Balaban J connectivity index is 1.77. The SMILES string of the molecule is CN(C)c1nc(NCc2ccc3c(c2)OCO3)nc(N(C)C)n1. The monoisotopic (exact) mass is 316 g/mol. The lowest BCUT2D eigenvalue weighted by atomic mass is 10.2. The van der Waals surface area contributed by atoms with Gasteiger partial charge in [-0.2, -0.15) is 15.0 Å². The van der Waals surface area contributed by atoms with Crippen molar-refractivity contribution in [1.29, 1.82) is 0 Å². The Kier molecular flexibility index (Phi) is 4.05. The molecule has 0 saturated heterocycles. The van der Waals surface area contributed by atoms with Crippen LogP contribution in [0.1, 0.15) is 5.56 Å². The number of nitrogens with zero attached hydrogens (tertiary/aromatic N) is 5. The maximum absolute atomic E-state index is 5.39. The number of ether oxygens (including phenoxy) is 2. The molecule has 0 unspecified atom stereocenters. The summed E-state index contributed by atoms with van der Waals surface area (Å²) in [5, 5.41) is 3.23. The number of hydrogen-bond acceptors (Lipinski definition) is 8. The van der Waals surface area contributed by atoms with Crippen LogP contribution in [0.2, 0.25) is 0 Å². The number of nitrogens with one attached hydrogen (secondary N) is 1. The molecule has 2 heterocycles. The topological polar surface area (TPSA) is 75.6 Å². The highest BCUT2D eigenvalue weighted by Crippen LogP contribution is 2.32. The third-order valence-corrected chi connectivity index (χ3v) is 3.30. The molecule has 0 aliphatic carbocycles. The summed E-state index contributed by atoms with van der Waals surface area (Å²) in [4.78, 5) is 16.9. The van der Waals surface area contributed by atoms with Crippen molar-refractivity contribution in [2.75, 3.05) is 50.1 Å². The minimum Gasteiger partial charge on any atom is -0.454 e. The molecule has 0 radical (unpaired) electrons. The predicted molar refractivity (Wildman–Crippen MR) is 88.4 cm³/mol.